The highest BCUT2D eigenvalue weighted by Gasteiger charge is 2.34. The molecule has 20 heavy (non-hydrogen) atoms. The zero-order valence-electron chi connectivity index (χ0n) is 12.3. The Balaban J connectivity index is 1.86. The molecule has 1 aromatic carbocycles. The number of nitrogens with two attached hydrogens (primary N) is 1. The van der Waals surface area contributed by atoms with Crippen LogP contribution in [0.1, 0.15) is 43.7 Å². The van der Waals surface area contributed by atoms with E-state index in [1.54, 1.807) is 0 Å². The monoisotopic (exact) mass is 293 g/mol. The minimum Gasteiger partial charge on any atom is -0.493 e. The Labute approximate surface area is 126 Å². The molecule has 1 aliphatic carbocycles. The van der Waals surface area contributed by atoms with E-state index in [1.807, 2.05) is 6.07 Å². The Hall–Kier alpha value is -0.730. The molecule has 0 amide bonds. The molecule has 0 spiro atoms. The van der Waals surface area contributed by atoms with Gasteiger partial charge in [0, 0.05) is 11.4 Å². The molecule has 0 saturated heterocycles. The van der Waals surface area contributed by atoms with E-state index in [1.165, 1.54) is 36.8 Å². The van der Waals surface area contributed by atoms with Gasteiger partial charge in [-0.05, 0) is 60.4 Å². The third kappa shape index (κ3) is 2.68. The largest absolute Gasteiger partial charge is 0.493 e. The lowest BCUT2D eigenvalue weighted by Gasteiger charge is -2.39. The van der Waals surface area contributed by atoms with Crippen LogP contribution < -0.4 is 10.5 Å². The lowest BCUT2D eigenvalue weighted by molar-refractivity contribution is 0.162. The summed E-state index contributed by atoms with van der Waals surface area (Å²) in [5.74, 6) is 1.93. The fourth-order valence-corrected chi connectivity index (χ4v) is 3.97. The fourth-order valence-electron chi connectivity index (χ4n) is 3.71. The van der Waals surface area contributed by atoms with Gasteiger partial charge in [-0.1, -0.05) is 31.4 Å². The summed E-state index contributed by atoms with van der Waals surface area (Å²) < 4.78 is 5.84. The predicted molar refractivity (Wildman–Crippen MR) is 83.5 cm³/mol. The molecule has 2 nitrogen and oxygen atoms in total. The maximum Gasteiger partial charge on any atom is 0.125 e. The number of ether oxygens (including phenoxy) is 1. The molecule has 1 fully saturated rings. The van der Waals surface area contributed by atoms with E-state index < -0.39 is 0 Å². The third-order valence-corrected chi connectivity index (χ3v) is 5.38. The normalized spacial score (nSPS) is 29.1. The summed E-state index contributed by atoms with van der Waals surface area (Å²) in [6.45, 7) is 3.90. The van der Waals surface area contributed by atoms with Crippen LogP contribution in [0.5, 0.6) is 5.75 Å². The first-order valence-electron chi connectivity index (χ1n) is 7.76. The predicted octanol–water partition coefficient (Wildman–Crippen LogP) is 3.97. The molecule has 0 bridgehead atoms. The molecule has 3 heteroatoms. The maximum absolute atomic E-state index is 6.27. The second kappa shape index (κ2) is 5.57. The Morgan fingerprint density at radius 2 is 2.10 bits per heavy atom. The van der Waals surface area contributed by atoms with Gasteiger partial charge >= 0.3 is 0 Å². The van der Waals surface area contributed by atoms with Crippen molar-refractivity contribution in [1.82, 2.24) is 0 Å². The number of benzene rings is 1. The summed E-state index contributed by atoms with van der Waals surface area (Å²) in [4.78, 5) is 0. The average molecular weight is 294 g/mol. The van der Waals surface area contributed by atoms with Crippen LogP contribution in [0.4, 0.5) is 0 Å². The molecule has 1 saturated carbocycles. The van der Waals surface area contributed by atoms with E-state index >= 15 is 0 Å². The number of hydrogen-bond acceptors (Lipinski definition) is 2. The summed E-state index contributed by atoms with van der Waals surface area (Å²) in [5, 5.41) is 0.834. The number of rotatable bonds is 3. The van der Waals surface area contributed by atoms with Gasteiger partial charge in [-0.15, -0.1) is 0 Å². The van der Waals surface area contributed by atoms with Crippen LogP contribution in [0, 0.1) is 11.3 Å². The molecule has 1 aromatic rings. The summed E-state index contributed by atoms with van der Waals surface area (Å²) in [7, 11) is 0. The van der Waals surface area contributed by atoms with Gasteiger partial charge in [0.15, 0.2) is 0 Å². The lowest BCUT2D eigenvalue weighted by atomic mass is 9.67. The highest BCUT2D eigenvalue weighted by molar-refractivity contribution is 6.30. The molecule has 3 rings (SSSR count). The zero-order chi connectivity index (χ0) is 14.2. The number of fused-ring (bicyclic) bond motifs is 1. The van der Waals surface area contributed by atoms with Gasteiger partial charge in [0.1, 0.15) is 5.75 Å². The summed E-state index contributed by atoms with van der Waals surface area (Å²) in [5.41, 5.74) is 8.92. The van der Waals surface area contributed by atoms with Gasteiger partial charge in [0.2, 0.25) is 0 Å². The Bertz CT molecular complexity index is 492. The topological polar surface area (TPSA) is 35.2 Å². The zero-order valence-corrected chi connectivity index (χ0v) is 13.0. The molecule has 0 unspecified atom stereocenters. The van der Waals surface area contributed by atoms with Gasteiger partial charge in [0.25, 0.3) is 0 Å². The molecular weight excluding hydrogens is 270 g/mol. The first kappa shape index (κ1) is 14.2. The van der Waals surface area contributed by atoms with E-state index in [9.17, 15) is 0 Å². The molecule has 110 valence electrons. The van der Waals surface area contributed by atoms with Crippen molar-refractivity contribution in [2.45, 2.75) is 45.4 Å². The van der Waals surface area contributed by atoms with Crippen molar-refractivity contribution in [2.24, 2.45) is 17.1 Å². The smallest absolute Gasteiger partial charge is 0.125 e. The van der Waals surface area contributed by atoms with Crippen LogP contribution in [-0.4, -0.2) is 13.2 Å². The summed E-state index contributed by atoms with van der Waals surface area (Å²) in [6, 6.07) is 4.13. The van der Waals surface area contributed by atoms with Crippen LogP contribution >= 0.6 is 11.6 Å². The molecule has 0 atom stereocenters. The molecule has 0 radical (unpaired) electrons. The van der Waals surface area contributed by atoms with Crippen molar-refractivity contribution in [3.05, 3.63) is 28.3 Å². The fraction of sp³-hybridized carbons (Fsp3) is 0.647. The second-order valence-electron chi connectivity index (χ2n) is 6.72. The van der Waals surface area contributed by atoms with Crippen molar-refractivity contribution < 1.29 is 4.74 Å². The average Bonchev–Trinajstić information content (AvgIpc) is 2.90. The van der Waals surface area contributed by atoms with Gasteiger partial charge in [-0.25, -0.2) is 0 Å². The van der Waals surface area contributed by atoms with Crippen molar-refractivity contribution in [2.75, 3.05) is 13.2 Å². The van der Waals surface area contributed by atoms with E-state index in [4.69, 9.17) is 22.1 Å². The van der Waals surface area contributed by atoms with E-state index in [0.29, 0.717) is 0 Å². The maximum atomic E-state index is 6.27. The van der Waals surface area contributed by atoms with Gasteiger partial charge < -0.3 is 10.5 Å². The minimum absolute atomic E-state index is 0.247. The molecule has 1 aliphatic heterocycles. The van der Waals surface area contributed by atoms with Gasteiger partial charge in [-0.2, -0.15) is 0 Å². The Kier molecular flexibility index (Phi) is 3.96. The third-order valence-electron chi connectivity index (χ3n) is 5.16. The quantitative estimate of drug-likeness (QED) is 0.915. The SMILES string of the molecule is CC1CCC(CN)(Cc2cc(Cl)cc3c2OCC3)CC1. The van der Waals surface area contributed by atoms with Crippen LogP contribution in [0.2, 0.25) is 5.02 Å². The highest BCUT2D eigenvalue weighted by atomic mass is 35.5. The van der Waals surface area contributed by atoms with Crippen molar-refractivity contribution in [1.29, 1.82) is 0 Å². The Morgan fingerprint density at radius 1 is 1.35 bits per heavy atom. The molecule has 2 N–H and O–H groups in total. The molecular formula is C17H24ClNO. The molecule has 2 aliphatic rings. The first-order chi connectivity index (χ1) is 9.62. The van der Waals surface area contributed by atoms with Crippen LogP contribution in [0.15, 0.2) is 12.1 Å². The van der Waals surface area contributed by atoms with Crippen molar-refractivity contribution in [3.63, 3.8) is 0 Å². The minimum atomic E-state index is 0.247. The summed E-state index contributed by atoms with van der Waals surface area (Å²) in [6.07, 6.45) is 7.04. The van der Waals surface area contributed by atoms with Crippen molar-refractivity contribution in [3.8, 4) is 5.75 Å². The highest BCUT2D eigenvalue weighted by Crippen LogP contribution is 2.44. The molecule has 0 aromatic heterocycles. The van der Waals surface area contributed by atoms with Gasteiger partial charge in [-0.3, -0.25) is 0 Å². The second-order valence-corrected chi connectivity index (χ2v) is 7.15. The number of hydrogen-bond donors (Lipinski definition) is 1. The Morgan fingerprint density at radius 3 is 2.80 bits per heavy atom. The van der Waals surface area contributed by atoms with Crippen LogP contribution in [0.3, 0.4) is 0 Å². The van der Waals surface area contributed by atoms with Crippen LogP contribution in [-0.2, 0) is 12.8 Å². The standard InChI is InChI=1S/C17H24ClNO/c1-12-2-5-17(11-19,6-3-12)10-14-9-15(18)8-13-4-7-20-16(13)14/h8-9,12H,2-7,10-11,19H2,1H3. The van der Waals surface area contributed by atoms with E-state index in [-0.39, 0.29) is 5.41 Å². The number of halogens is 1. The molecule has 1 heterocycles. The first-order valence-corrected chi connectivity index (χ1v) is 8.14. The van der Waals surface area contributed by atoms with E-state index in [2.05, 4.69) is 13.0 Å². The summed E-state index contributed by atoms with van der Waals surface area (Å²) >= 11 is 6.27. The van der Waals surface area contributed by atoms with E-state index in [0.717, 1.165) is 42.7 Å². The van der Waals surface area contributed by atoms with Gasteiger partial charge in [0.05, 0.1) is 6.61 Å². The van der Waals surface area contributed by atoms with Crippen LogP contribution in [0.25, 0.3) is 0 Å². The lowest BCUT2D eigenvalue weighted by Crippen LogP contribution is -2.36. The van der Waals surface area contributed by atoms with Crippen molar-refractivity contribution >= 4 is 11.6 Å².